The van der Waals surface area contributed by atoms with Gasteiger partial charge in [-0.2, -0.15) is 0 Å². The molecule has 3 rings (SSSR count). The van der Waals surface area contributed by atoms with Crippen molar-refractivity contribution >= 4 is 11.6 Å². The third-order valence-corrected chi connectivity index (χ3v) is 3.81. The molecule has 0 radical (unpaired) electrons. The van der Waals surface area contributed by atoms with E-state index in [1.54, 1.807) is 6.07 Å². The lowest BCUT2D eigenvalue weighted by molar-refractivity contribution is 0.101. The molecule has 1 amide bonds. The average Bonchev–Trinajstić information content (AvgIpc) is 3.00. The zero-order valence-electron chi connectivity index (χ0n) is 13.4. The van der Waals surface area contributed by atoms with Crippen molar-refractivity contribution in [2.75, 3.05) is 5.32 Å². The maximum absolute atomic E-state index is 12.3. The number of hydrogen-bond acceptors (Lipinski definition) is 3. The topological polar surface area (TPSA) is 55.1 Å². The van der Waals surface area contributed by atoms with Crippen LogP contribution in [0.2, 0.25) is 0 Å². The highest BCUT2D eigenvalue weighted by molar-refractivity contribution is 6.03. The van der Waals surface area contributed by atoms with Crippen LogP contribution in [0.4, 0.5) is 5.69 Å². The first-order chi connectivity index (χ1) is 11.0. The van der Waals surface area contributed by atoms with Crippen LogP contribution in [0, 0.1) is 20.8 Å². The Balaban J connectivity index is 1.81. The number of aromatic nitrogens is 1. The minimum atomic E-state index is -0.283. The summed E-state index contributed by atoms with van der Waals surface area (Å²) < 4.78 is 5.32. The third kappa shape index (κ3) is 3.31. The Morgan fingerprint density at radius 2 is 1.83 bits per heavy atom. The summed E-state index contributed by atoms with van der Waals surface area (Å²) >= 11 is 0. The summed E-state index contributed by atoms with van der Waals surface area (Å²) in [4.78, 5) is 12.3. The van der Waals surface area contributed by atoms with Crippen LogP contribution < -0.4 is 5.32 Å². The molecule has 0 fully saturated rings. The monoisotopic (exact) mass is 306 g/mol. The number of carbonyl (C=O) groups excluding carboxylic acids is 1. The van der Waals surface area contributed by atoms with E-state index < -0.39 is 0 Å². The fourth-order valence-corrected chi connectivity index (χ4v) is 2.33. The highest BCUT2D eigenvalue weighted by Crippen LogP contribution is 2.23. The van der Waals surface area contributed by atoms with E-state index in [2.05, 4.69) is 17.4 Å². The molecule has 116 valence electrons. The number of carbonyl (C=O) groups is 1. The van der Waals surface area contributed by atoms with E-state index in [9.17, 15) is 4.79 Å². The summed E-state index contributed by atoms with van der Waals surface area (Å²) in [6.07, 6.45) is 0. The Bertz CT molecular complexity index is 865. The standard InChI is InChI=1S/C19H18N2O2/c1-12-5-4-6-16(9-12)20-19(22)17-11-18(23-21-17)15-8-7-13(2)14(3)10-15/h4-11H,1-3H3,(H,20,22). The van der Waals surface area contributed by atoms with Crippen LogP contribution in [-0.2, 0) is 0 Å². The summed E-state index contributed by atoms with van der Waals surface area (Å²) in [7, 11) is 0. The summed E-state index contributed by atoms with van der Waals surface area (Å²) in [5, 5.41) is 6.70. The van der Waals surface area contributed by atoms with Gasteiger partial charge in [0.25, 0.3) is 5.91 Å². The number of rotatable bonds is 3. The molecule has 1 aromatic heterocycles. The van der Waals surface area contributed by atoms with Crippen molar-refractivity contribution in [1.29, 1.82) is 0 Å². The van der Waals surface area contributed by atoms with Crippen LogP contribution >= 0.6 is 0 Å². The number of benzene rings is 2. The number of hydrogen-bond donors (Lipinski definition) is 1. The van der Waals surface area contributed by atoms with Crippen molar-refractivity contribution in [3.8, 4) is 11.3 Å². The average molecular weight is 306 g/mol. The maximum atomic E-state index is 12.3. The van der Waals surface area contributed by atoms with Gasteiger partial charge in [0.2, 0.25) is 0 Å². The molecule has 1 heterocycles. The van der Waals surface area contributed by atoms with E-state index in [0.29, 0.717) is 5.76 Å². The fourth-order valence-electron chi connectivity index (χ4n) is 2.33. The molecule has 0 saturated heterocycles. The smallest absolute Gasteiger partial charge is 0.277 e. The van der Waals surface area contributed by atoms with Crippen LogP contribution in [0.25, 0.3) is 11.3 Å². The molecule has 3 aromatic rings. The number of amides is 1. The number of aryl methyl sites for hydroxylation is 3. The molecule has 2 aromatic carbocycles. The van der Waals surface area contributed by atoms with Crippen LogP contribution in [0.15, 0.2) is 53.1 Å². The molecule has 23 heavy (non-hydrogen) atoms. The zero-order chi connectivity index (χ0) is 16.4. The van der Waals surface area contributed by atoms with Crippen LogP contribution in [0.5, 0.6) is 0 Å². The van der Waals surface area contributed by atoms with Crippen molar-refractivity contribution in [1.82, 2.24) is 5.16 Å². The van der Waals surface area contributed by atoms with Gasteiger partial charge >= 0.3 is 0 Å². The minimum absolute atomic E-state index is 0.264. The Morgan fingerprint density at radius 3 is 2.57 bits per heavy atom. The molecule has 0 spiro atoms. The van der Waals surface area contributed by atoms with Crippen molar-refractivity contribution in [3.05, 3.63) is 70.9 Å². The summed E-state index contributed by atoms with van der Waals surface area (Å²) in [6, 6.07) is 15.3. The second-order valence-electron chi connectivity index (χ2n) is 5.70. The van der Waals surface area contributed by atoms with E-state index in [1.165, 1.54) is 11.1 Å². The minimum Gasteiger partial charge on any atom is -0.355 e. The van der Waals surface area contributed by atoms with E-state index in [1.807, 2.05) is 56.3 Å². The Hall–Kier alpha value is -2.88. The van der Waals surface area contributed by atoms with Gasteiger partial charge in [-0.1, -0.05) is 29.4 Å². The SMILES string of the molecule is Cc1cccc(NC(=O)c2cc(-c3ccc(C)c(C)c3)on2)c1. The molecule has 0 aliphatic heterocycles. The molecule has 0 atom stereocenters. The van der Waals surface area contributed by atoms with E-state index in [-0.39, 0.29) is 11.6 Å². The number of anilines is 1. The Kier molecular flexibility index (Phi) is 3.98. The van der Waals surface area contributed by atoms with Crippen LogP contribution in [-0.4, -0.2) is 11.1 Å². The highest BCUT2D eigenvalue weighted by Gasteiger charge is 2.14. The normalized spacial score (nSPS) is 10.6. The molecule has 1 N–H and O–H groups in total. The van der Waals surface area contributed by atoms with Gasteiger partial charge in [0.05, 0.1) is 0 Å². The third-order valence-electron chi connectivity index (χ3n) is 3.81. The first-order valence-corrected chi connectivity index (χ1v) is 7.45. The molecular weight excluding hydrogens is 288 g/mol. The lowest BCUT2D eigenvalue weighted by atomic mass is 10.0. The molecule has 4 heteroatoms. The maximum Gasteiger partial charge on any atom is 0.277 e. The van der Waals surface area contributed by atoms with Crippen molar-refractivity contribution in [3.63, 3.8) is 0 Å². The van der Waals surface area contributed by atoms with Gasteiger partial charge < -0.3 is 9.84 Å². The van der Waals surface area contributed by atoms with Crippen molar-refractivity contribution in [2.45, 2.75) is 20.8 Å². The van der Waals surface area contributed by atoms with Crippen molar-refractivity contribution in [2.24, 2.45) is 0 Å². The summed E-state index contributed by atoms with van der Waals surface area (Å²) in [5.74, 6) is 0.303. The zero-order valence-corrected chi connectivity index (χ0v) is 13.4. The molecule has 4 nitrogen and oxygen atoms in total. The predicted octanol–water partition coefficient (Wildman–Crippen LogP) is 4.52. The number of nitrogens with one attached hydrogen (secondary N) is 1. The van der Waals surface area contributed by atoms with E-state index in [4.69, 9.17) is 4.52 Å². The van der Waals surface area contributed by atoms with Gasteiger partial charge in [-0.15, -0.1) is 0 Å². The van der Waals surface area contributed by atoms with Crippen LogP contribution in [0.3, 0.4) is 0 Å². The van der Waals surface area contributed by atoms with E-state index in [0.717, 1.165) is 16.8 Å². The summed E-state index contributed by atoms with van der Waals surface area (Å²) in [6.45, 7) is 6.07. The van der Waals surface area contributed by atoms with Gasteiger partial charge in [0.15, 0.2) is 11.5 Å². The second-order valence-corrected chi connectivity index (χ2v) is 5.70. The molecule has 0 aliphatic carbocycles. The molecule has 0 unspecified atom stereocenters. The predicted molar refractivity (Wildman–Crippen MR) is 90.5 cm³/mol. The summed E-state index contributed by atoms with van der Waals surface area (Å²) in [5.41, 5.74) is 5.38. The number of nitrogens with zero attached hydrogens (tertiary/aromatic N) is 1. The Morgan fingerprint density at radius 1 is 1.00 bits per heavy atom. The van der Waals surface area contributed by atoms with Crippen molar-refractivity contribution < 1.29 is 9.32 Å². The fraction of sp³-hybridized carbons (Fsp3) is 0.158. The van der Waals surface area contributed by atoms with Crippen LogP contribution in [0.1, 0.15) is 27.2 Å². The highest BCUT2D eigenvalue weighted by atomic mass is 16.5. The first-order valence-electron chi connectivity index (χ1n) is 7.45. The van der Waals surface area contributed by atoms with Gasteiger partial charge in [0, 0.05) is 17.3 Å². The quantitative estimate of drug-likeness (QED) is 0.774. The van der Waals surface area contributed by atoms with Gasteiger partial charge in [-0.3, -0.25) is 4.79 Å². The van der Waals surface area contributed by atoms with Gasteiger partial charge in [0.1, 0.15) is 0 Å². The second kappa shape index (κ2) is 6.08. The molecular formula is C19H18N2O2. The largest absolute Gasteiger partial charge is 0.355 e. The first kappa shape index (κ1) is 15.0. The van der Waals surface area contributed by atoms with Gasteiger partial charge in [-0.25, -0.2) is 0 Å². The Labute approximate surface area is 135 Å². The lowest BCUT2D eigenvalue weighted by Gasteiger charge is -2.03. The van der Waals surface area contributed by atoms with Gasteiger partial charge in [-0.05, 0) is 55.7 Å². The molecule has 0 bridgehead atoms. The van der Waals surface area contributed by atoms with E-state index >= 15 is 0 Å². The lowest BCUT2D eigenvalue weighted by Crippen LogP contribution is -2.12. The molecule has 0 saturated carbocycles. The molecule has 0 aliphatic rings.